The molecular weight excluding hydrogens is 538 g/mol. The van der Waals surface area contributed by atoms with Gasteiger partial charge in [-0.05, 0) is 61.3 Å². The van der Waals surface area contributed by atoms with Crippen LogP contribution < -0.4 is 15.2 Å². The molecule has 0 radical (unpaired) electrons. The number of anilines is 1. The minimum atomic E-state index is -2.59. The van der Waals surface area contributed by atoms with Gasteiger partial charge in [0.05, 0.1) is 34.9 Å². The van der Waals surface area contributed by atoms with Crippen molar-refractivity contribution in [2.75, 3.05) is 25.2 Å². The maximum absolute atomic E-state index is 14.2. The number of hydrogen-bond acceptors (Lipinski definition) is 8. The Hall–Kier alpha value is -3.44. The first-order valence-electron chi connectivity index (χ1n) is 11.6. The summed E-state index contributed by atoms with van der Waals surface area (Å²) in [6.07, 6.45) is 4.74. The minimum absolute atomic E-state index is 0.0553. The zero-order valence-electron chi connectivity index (χ0n) is 21.0. The number of nitrogen functional groups attached to an aromatic ring is 1. The van der Waals surface area contributed by atoms with Gasteiger partial charge in [-0.2, -0.15) is 4.36 Å². The summed E-state index contributed by atoms with van der Waals surface area (Å²) in [5, 5.41) is -0.125. The molecular formula is C26H27ClF2N4O4S. The largest absolute Gasteiger partial charge is 0.493 e. The van der Waals surface area contributed by atoms with Gasteiger partial charge >= 0.3 is 0 Å². The molecule has 0 fully saturated rings. The summed E-state index contributed by atoms with van der Waals surface area (Å²) in [5.74, 6) is -0.302. The van der Waals surface area contributed by atoms with Crippen LogP contribution in [-0.2, 0) is 20.2 Å². The van der Waals surface area contributed by atoms with E-state index in [1.54, 1.807) is 24.5 Å². The Bertz CT molecular complexity index is 1510. The van der Waals surface area contributed by atoms with Crippen LogP contribution in [0.5, 0.6) is 11.5 Å². The van der Waals surface area contributed by atoms with E-state index >= 15 is 0 Å². The van der Waals surface area contributed by atoms with Crippen LogP contribution in [0.4, 0.5) is 14.5 Å². The summed E-state index contributed by atoms with van der Waals surface area (Å²) in [6.45, 7) is 4.17. The Labute approximate surface area is 225 Å². The third kappa shape index (κ3) is 7.32. The minimum Gasteiger partial charge on any atom is -0.493 e. The van der Waals surface area contributed by atoms with Crippen molar-refractivity contribution in [1.82, 2.24) is 9.97 Å². The molecule has 3 aromatic rings. The fourth-order valence-electron chi connectivity index (χ4n) is 3.74. The second-order valence-electron chi connectivity index (χ2n) is 9.32. The average molecular weight is 565 g/mol. The quantitative estimate of drug-likeness (QED) is 0.190. The van der Waals surface area contributed by atoms with Crippen molar-refractivity contribution in [3.63, 3.8) is 0 Å². The summed E-state index contributed by atoms with van der Waals surface area (Å²) in [6, 6.07) is 9.02. The molecule has 0 saturated carbocycles. The molecule has 38 heavy (non-hydrogen) atoms. The lowest BCUT2D eigenvalue weighted by Crippen LogP contribution is -2.30. The number of aromatic nitrogens is 2. The van der Waals surface area contributed by atoms with E-state index in [0.717, 1.165) is 12.3 Å². The third-order valence-electron chi connectivity index (χ3n) is 5.28. The molecule has 1 aliphatic rings. The number of benzene rings is 2. The lowest BCUT2D eigenvalue weighted by molar-refractivity contribution is 0.0269. The van der Waals surface area contributed by atoms with Crippen LogP contribution in [0.25, 0.3) is 11.3 Å². The molecule has 2 aromatic carbocycles. The molecule has 0 aliphatic carbocycles. The highest BCUT2D eigenvalue weighted by Crippen LogP contribution is 2.31. The highest BCUT2D eigenvalue weighted by molar-refractivity contribution is 7.92. The normalized spacial score (nSPS) is 15.5. The number of hydrogen-bond donors (Lipinski definition) is 1. The molecule has 0 amide bonds. The van der Waals surface area contributed by atoms with E-state index in [1.165, 1.54) is 12.1 Å². The Morgan fingerprint density at radius 2 is 1.87 bits per heavy atom. The van der Waals surface area contributed by atoms with Crippen LogP contribution in [0.1, 0.15) is 25.8 Å². The number of halogens is 3. The number of nitrogens with zero attached hydrogens (tertiary/aromatic N) is 3. The van der Waals surface area contributed by atoms with Gasteiger partial charge in [-0.1, -0.05) is 0 Å². The highest BCUT2D eigenvalue weighted by atomic mass is 35.5. The van der Waals surface area contributed by atoms with E-state index in [1.807, 2.05) is 19.9 Å². The summed E-state index contributed by atoms with van der Waals surface area (Å²) < 4.78 is 62.3. The van der Waals surface area contributed by atoms with E-state index in [2.05, 4.69) is 14.3 Å². The van der Waals surface area contributed by atoms with Crippen molar-refractivity contribution in [3.8, 4) is 22.8 Å². The molecule has 12 heteroatoms. The second kappa shape index (κ2) is 11.1. The Morgan fingerprint density at radius 1 is 1.13 bits per heavy atom. The number of ether oxygens (including phenoxy) is 3. The zero-order valence-corrected chi connectivity index (χ0v) is 22.6. The van der Waals surface area contributed by atoms with E-state index in [-0.39, 0.29) is 35.7 Å². The van der Waals surface area contributed by atoms with Crippen molar-refractivity contribution in [2.45, 2.75) is 31.6 Å². The monoisotopic (exact) mass is 564 g/mol. The maximum Gasteiger partial charge on any atom is 0.223 e. The van der Waals surface area contributed by atoms with Crippen LogP contribution in [0.2, 0.25) is 5.28 Å². The molecule has 1 aromatic heterocycles. The SMILES string of the molecule is CC1(C)C=C(N=S(C)(=O)Cc2cc(N)cc(OCCCOc3cc(-c4nc(Cl)ncc4F)ccc3F)c2)O1. The Kier molecular flexibility index (Phi) is 8.08. The smallest absolute Gasteiger partial charge is 0.223 e. The van der Waals surface area contributed by atoms with Crippen molar-refractivity contribution in [1.29, 1.82) is 0 Å². The summed E-state index contributed by atoms with van der Waals surface area (Å²) in [5.41, 5.74) is 7.03. The molecule has 1 aliphatic heterocycles. The van der Waals surface area contributed by atoms with Gasteiger partial charge in [0.25, 0.3) is 0 Å². The molecule has 8 nitrogen and oxygen atoms in total. The Morgan fingerprint density at radius 3 is 2.61 bits per heavy atom. The fourth-order valence-corrected chi connectivity index (χ4v) is 5.19. The van der Waals surface area contributed by atoms with E-state index in [4.69, 9.17) is 31.5 Å². The van der Waals surface area contributed by atoms with Crippen molar-refractivity contribution >= 4 is 27.0 Å². The molecule has 1 unspecified atom stereocenters. The van der Waals surface area contributed by atoms with Gasteiger partial charge in [0.1, 0.15) is 17.0 Å². The lowest BCUT2D eigenvalue weighted by atomic mass is 10.1. The zero-order chi connectivity index (χ0) is 27.5. The Balaban J connectivity index is 1.33. The van der Waals surface area contributed by atoms with Crippen molar-refractivity contribution in [3.05, 3.63) is 77.0 Å². The molecule has 0 spiro atoms. The predicted molar refractivity (Wildman–Crippen MR) is 142 cm³/mol. The van der Waals surface area contributed by atoms with Gasteiger partial charge in [0.15, 0.2) is 17.4 Å². The first kappa shape index (κ1) is 27.6. The summed E-state index contributed by atoms with van der Waals surface area (Å²) >= 11 is 5.75. The van der Waals surface area contributed by atoms with Crippen molar-refractivity contribution in [2.24, 2.45) is 4.36 Å². The highest BCUT2D eigenvalue weighted by Gasteiger charge is 2.29. The van der Waals surface area contributed by atoms with Gasteiger partial charge in [-0.3, -0.25) is 0 Å². The average Bonchev–Trinajstić information content (AvgIpc) is 2.79. The van der Waals surface area contributed by atoms with Crippen LogP contribution in [-0.4, -0.2) is 39.2 Å². The van der Waals surface area contributed by atoms with Gasteiger partial charge in [0.2, 0.25) is 11.2 Å². The maximum atomic E-state index is 14.2. The number of rotatable bonds is 10. The van der Waals surface area contributed by atoms with Gasteiger partial charge in [-0.25, -0.2) is 23.0 Å². The molecule has 4 rings (SSSR count). The molecule has 0 bridgehead atoms. The van der Waals surface area contributed by atoms with Gasteiger partial charge in [-0.15, -0.1) is 0 Å². The fraction of sp³-hybridized carbons (Fsp3) is 0.308. The van der Waals surface area contributed by atoms with E-state index in [9.17, 15) is 13.0 Å². The van der Waals surface area contributed by atoms with Crippen molar-refractivity contribution < 1.29 is 27.2 Å². The molecule has 0 saturated heterocycles. The molecule has 202 valence electrons. The first-order valence-corrected chi connectivity index (χ1v) is 14.1. The molecule has 2 heterocycles. The van der Waals surface area contributed by atoms with Gasteiger partial charge in [0, 0.05) is 36.1 Å². The summed E-state index contributed by atoms with van der Waals surface area (Å²) in [4.78, 5) is 7.43. The number of nitrogens with two attached hydrogens (primary N) is 1. The third-order valence-corrected chi connectivity index (χ3v) is 6.90. The standard InChI is InChI=1S/C26H27ClF2N4O4S/c1-26(2)13-23(37-26)33-38(3,34)15-16-9-18(30)12-19(10-16)35-7-4-8-36-22-11-17(5-6-20(22)28)24-21(29)14-31-25(27)32-24/h5-6,9-14H,4,7-8,15,30H2,1-3H3. The topological polar surface area (TPSA) is 109 Å². The van der Waals surface area contributed by atoms with Crippen LogP contribution in [0.15, 0.2) is 58.9 Å². The molecule has 2 N–H and O–H groups in total. The molecule has 1 atom stereocenters. The second-order valence-corrected chi connectivity index (χ2v) is 12.1. The van der Waals surface area contributed by atoms with Gasteiger partial charge < -0.3 is 19.9 Å². The summed E-state index contributed by atoms with van der Waals surface area (Å²) in [7, 11) is -2.59. The van der Waals surface area contributed by atoms with E-state index in [0.29, 0.717) is 34.9 Å². The lowest BCUT2D eigenvalue weighted by Gasteiger charge is -2.31. The van der Waals surface area contributed by atoms with E-state index < -0.39 is 27.0 Å². The van der Waals surface area contributed by atoms with Crippen LogP contribution >= 0.6 is 11.6 Å². The van der Waals surface area contributed by atoms with Crippen LogP contribution in [0.3, 0.4) is 0 Å². The predicted octanol–water partition coefficient (Wildman–Crippen LogP) is 5.75. The first-order chi connectivity index (χ1) is 17.9. The van der Waals surface area contributed by atoms with Crippen LogP contribution in [0, 0.1) is 11.6 Å².